The van der Waals surface area contributed by atoms with Crippen LogP contribution in [0.1, 0.15) is 15.9 Å². The highest BCUT2D eigenvalue weighted by Crippen LogP contribution is 2.22. The van der Waals surface area contributed by atoms with Crippen LogP contribution in [0.25, 0.3) is 0 Å². The quantitative estimate of drug-likeness (QED) is 0.667. The average molecular weight is 273 g/mol. The summed E-state index contributed by atoms with van der Waals surface area (Å²) in [6.45, 7) is 1.81. The van der Waals surface area contributed by atoms with Gasteiger partial charge in [0.05, 0.1) is 5.69 Å². The molecule has 0 atom stereocenters. The minimum absolute atomic E-state index is 0.248. The first kappa shape index (κ1) is 14.0. The molecule has 0 saturated carbocycles. The molecule has 2 aromatic carbocycles. The normalized spacial score (nSPS) is 10.2. The summed E-state index contributed by atoms with van der Waals surface area (Å²) in [5.74, 6) is 4.62. The largest absolute Gasteiger partial charge is 0.324 e. The van der Waals surface area contributed by atoms with Crippen LogP contribution in [0, 0.1) is 12.7 Å². The molecule has 0 heterocycles. The zero-order chi connectivity index (χ0) is 14.7. The number of benzene rings is 2. The highest BCUT2D eigenvalue weighted by Gasteiger charge is 2.18. The van der Waals surface area contributed by atoms with Crippen LogP contribution in [-0.4, -0.2) is 13.0 Å². The zero-order valence-electron chi connectivity index (χ0n) is 11.4. The summed E-state index contributed by atoms with van der Waals surface area (Å²) >= 11 is 0. The average Bonchev–Trinajstić information content (AvgIpc) is 2.46. The van der Waals surface area contributed by atoms with Crippen LogP contribution in [0.3, 0.4) is 0 Å². The number of para-hydroxylation sites is 1. The molecular formula is C15H16FN3O. The van der Waals surface area contributed by atoms with Crippen LogP contribution in [0.5, 0.6) is 0 Å². The SMILES string of the molecule is Cc1cc(NN)ccc1C(=O)N(C)c1ccccc1F. The van der Waals surface area contributed by atoms with Crippen molar-refractivity contribution >= 4 is 17.3 Å². The molecule has 0 aliphatic rings. The lowest BCUT2D eigenvalue weighted by Gasteiger charge is -2.19. The maximum Gasteiger partial charge on any atom is 0.258 e. The first-order chi connectivity index (χ1) is 9.54. The molecule has 0 aromatic heterocycles. The van der Waals surface area contributed by atoms with Crippen molar-refractivity contribution in [3.63, 3.8) is 0 Å². The fraction of sp³-hybridized carbons (Fsp3) is 0.133. The first-order valence-corrected chi connectivity index (χ1v) is 6.14. The summed E-state index contributed by atoms with van der Waals surface area (Å²) in [6.07, 6.45) is 0. The van der Waals surface area contributed by atoms with E-state index in [0.717, 1.165) is 5.56 Å². The predicted octanol–water partition coefficient (Wildman–Crippen LogP) is 2.70. The van der Waals surface area contributed by atoms with Crippen molar-refractivity contribution in [1.29, 1.82) is 0 Å². The van der Waals surface area contributed by atoms with Gasteiger partial charge in [0.2, 0.25) is 0 Å². The Morgan fingerprint density at radius 1 is 1.25 bits per heavy atom. The van der Waals surface area contributed by atoms with Gasteiger partial charge < -0.3 is 10.3 Å². The summed E-state index contributed by atoms with van der Waals surface area (Å²) < 4.78 is 13.7. The third kappa shape index (κ3) is 2.62. The standard InChI is InChI=1S/C15H16FN3O/c1-10-9-11(18-17)7-8-12(10)15(20)19(2)14-6-4-3-5-13(14)16/h3-9,18H,17H2,1-2H3. The second-order valence-electron chi connectivity index (χ2n) is 4.49. The Morgan fingerprint density at radius 2 is 1.95 bits per heavy atom. The molecule has 4 nitrogen and oxygen atoms in total. The molecular weight excluding hydrogens is 257 g/mol. The van der Waals surface area contributed by atoms with Crippen molar-refractivity contribution in [2.24, 2.45) is 5.84 Å². The Morgan fingerprint density at radius 3 is 2.55 bits per heavy atom. The van der Waals surface area contributed by atoms with E-state index in [0.29, 0.717) is 11.3 Å². The number of anilines is 2. The number of nitrogens with one attached hydrogen (secondary N) is 1. The minimum Gasteiger partial charge on any atom is -0.324 e. The molecule has 1 amide bonds. The van der Waals surface area contributed by atoms with Crippen molar-refractivity contribution in [2.45, 2.75) is 6.92 Å². The Labute approximate surface area is 117 Å². The first-order valence-electron chi connectivity index (χ1n) is 6.14. The van der Waals surface area contributed by atoms with Crippen molar-refractivity contribution in [1.82, 2.24) is 0 Å². The molecule has 2 aromatic rings. The Hall–Kier alpha value is -2.40. The highest BCUT2D eigenvalue weighted by molar-refractivity contribution is 6.06. The van der Waals surface area contributed by atoms with Crippen LogP contribution in [0.4, 0.5) is 15.8 Å². The Balaban J connectivity index is 2.34. The molecule has 5 heteroatoms. The molecule has 0 unspecified atom stereocenters. The number of hydrogen-bond donors (Lipinski definition) is 2. The Bertz CT molecular complexity index is 643. The molecule has 20 heavy (non-hydrogen) atoms. The maximum atomic E-state index is 13.7. The molecule has 0 aliphatic heterocycles. The summed E-state index contributed by atoms with van der Waals surface area (Å²) in [6, 6.07) is 11.3. The smallest absolute Gasteiger partial charge is 0.258 e. The van der Waals surface area contributed by atoms with Crippen LogP contribution < -0.4 is 16.2 Å². The molecule has 0 spiro atoms. The topological polar surface area (TPSA) is 58.4 Å². The van der Waals surface area contributed by atoms with Crippen LogP contribution in [-0.2, 0) is 0 Å². The second kappa shape index (κ2) is 5.71. The fourth-order valence-electron chi connectivity index (χ4n) is 2.01. The summed E-state index contributed by atoms with van der Waals surface area (Å²) in [7, 11) is 1.55. The van der Waals surface area contributed by atoms with Crippen molar-refractivity contribution in [3.05, 3.63) is 59.4 Å². The predicted molar refractivity (Wildman–Crippen MR) is 78.1 cm³/mol. The molecule has 0 radical (unpaired) electrons. The Kier molecular flexibility index (Phi) is 4.00. The van der Waals surface area contributed by atoms with Crippen molar-refractivity contribution in [2.75, 3.05) is 17.4 Å². The molecule has 0 fully saturated rings. The zero-order valence-corrected chi connectivity index (χ0v) is 11.4. The third-order valence-electron chi connectivity index (χ3n) is 3.14. The van der Waals surface area contributed by atoms with Gasteiger partial charge in [-0.3, -0.25) is 10.6 Å². The summed E-state index contributed by atoms with van der Waals surface area (Å²) in [5.41, 5.74) is 4.76. The van der Waals surface area contributed by atoms with E-state index >= 15 is 0 Å². The van der Waals surface area contributed by atoms with Gasteiger partial charge >= 0.3 is 0 Å². The molecule has 3 N–H and O–H groups in total. The van der Waals surface area contributed by atoms with Gasteiger partial charge in [-0.1, -0.05) is 12.1 Å². The van der Waals surface area contributed by atoms with Crippen molar-refractivity contribution in [3.8, 4) is 0 Å². The van der Waals surface area contributed by atoms with Gasteiger partial charge in [0.1, 0.15) is 5.82 Å². The van der Waals surface area contributed by atoms with E-state index in [4.69, 9.17) is 5.84 Å². The highest BCUT2D eigenvalue weighted by atomic mass is 19.1. The molecule has 0 bridgehead atoms. The van der Waals surface area contributed by atoms with E-state index in [-0.39, 0.29) is 11.6 Å². The number of carbonyl (C=O) groups is 1. The lowest BCUT2D eigenvalue weighted by molar-refractivity contribution is 0.0991. The number of amides is 1. The summed E-state index contributed by atoms with van der Waals surface area (Å²) in [5, 5.41) is 0. The van der Waals surface area contributed by atoms with E-state index in [1.54, 1.807) is 43.4 Å². The van der Waals surface area contributed by atoms with Gasteiger partial charge in [0.15, 0.2) is 0 Å². The van der Waals surface area contributed by atoms with Gasteiger partial charge in [-0.25, -0.2) is 4.39 Å². The molecule has 104 valence electrons. The fourth-order valence-corrected chi connectivity index (χ4v) is 2.01. The third-order valence-corrected chi connectivity index (χ3v) is 3.14. The molecule has 0 aliphatic carbocycles. The van der Waals surface area contributed by atoms with Gasteiger partial charge in [-0.05, 0) is 42.8 Å². The van der Waals surface area contributed by atoms with Gasteiger partial charge in [0.25, 0.3) is 5.91 Å². The van der Waals surface area contributed by atoms with E-state index in [1.165, 1.54) is 11.0 Å². The number of nitrogens with two attached hydrogens (primary N) is 1. The van der Waals surface area contributed by atoms with Crippen LogP contribution in [0.2, 0.25) is 0 Å². The number of carbonyl (C=O) groups excluding carboxylic acids is 1. The van der Waals surface area contributed by atoms with E-state index in [2.05, 4.69) is 5.43 Å². The monoisotopic (exact) mass is 273 g/mol. The van der Waals surface area contributed by atoms with E-state index in [9.17, 15) is 9.18 Å². The number of aryl methyl sites for hydroxylation is 1. The lowest BCUT2D eigenvalue weighted by Crippen LogP contribution is -2.27. The second-order valence-corrected chi connectivity index (χ2v) is 4.49. The van der Waals surface area contributed by atoms with Crippen LogP contribution in [0.15, 0.2) is 42.5 Å². The van der Waals surface area contributed by atoms with Crippen molar-refractivity contribution < 1.29 is 9.18 Å². The molecule has 2 rings (SSSR count). The van der Waals surface area contributed by atoms with Crippen LogP contribution >= 0.6 is 0 Å². The van der Waals surface area contributed by atoms with Gasteiger partial charge in [-0.15, -0.1) is 0 Å². The number of nitrogen functional groups attached to an aromatic ring is 1. The number of rotatable bonds is 3. The number of halogens is 1. The van der Waals surface area contributed by atoms with Gasteiger partial charge in [0, 0.05) is 18.3 Å². The number of hydrazine groups is 1. The lowest BCUT2D eigenvalue weighted by atomic mass is 10.1. The number of hydrogen-bond acceptors (Lipinski definition) is 3. The van der Waals surface area contributed by atoms with Gasteiger partial charge in [-0.2, -0.15) is 0 Å². The number of nitrogens with zero attached hydrogens (tertiary/aromatic N) is 1. The maximum absolute atomic E-state index is 13.7. The molecule has 0 saturated heterocycles. The minimum atomic E-state index is -0.429. The summed E-state index contributed by atoms with van der Waals surface area (Å²) in [4.78, 5) is 13.7. The van der Waals surface area contributed by atoms with E-state index < -0.39 is 5.82 Å². The van der Waals surface area contributed by atoms with E-state index in [1.807, 2.05) is 6.92 Å².